The molecule has 0 bridgehead atoms. The highest BCUT2D eigenvalue weighted by Gasteiger charge is 2.21. The third-order valence-electron chi connectivity index (χ3n) is 2.91. The number of nitrogens with zero attached hydrogens (tertiary/aromatic N) is 2. The van der Waals surface area contributed by atoms with Crippen LogP contribution in [0.25, 0.3) is 10.8 Å². The van der Waals surface area contributed by atoms with Crippen molar-refractivity contribution in [2.24, 2.45) is 11.8 Å². The third kappa shape index (κ3) is 4.17. The number of rotatable bonds is 6. The van der Waals surface area contributed by atoms with Crippen molar-refractivity contribution in [2.75, 3.05) is 13.1 Å². The van der Waals surface area contributed by atoms with E-state index in [1.165, 1.54) is 11.3 Å². The molecule has 2 aromatic rings. The summed E-state index contributed by atoms with van der Waals surface area (Å²) in [5, 5.41) is 2.56. The Balaban J connectivity index is 2.16. The molecule has 114 valence electrons. The summed E-state index contributed by atoms with van der Waals surface area (Å²) in [7, 11) is 0. The van der Waals surface area contributed by atoms with Gasteiger partial charge in [-0.25, -0.2) is 4.98 Å². The Kier molecular flexibility index (Phi) is 5.17. The van der Waals surface area contributed by atoms with Gasteiger partial charge in [0.15, 0.2) is 10.8 Å². The van der Waals surface area contributed by atoms with Gasteiger partial charge in [-0.1, -0.05) is 27.7 Å². The molecule has 4 nitrogen and oxygen atoms in total. The number of aromatic nitrogens is 1. The lowest BCUT2D eigenvalue weighted by molar-refractivity contribution is 0.0710. The van der Waals surface area contributed by atoms with Crippen LogP contribution in [0.4, 0.5) is 0 Å². The van der Waals surface area contributed by atoms with Crippen molar-refractivity contribution in [3.63, 3.8) is 0 Å². The average Bonchev–Trinajstić information content (AvgIpc) is 3.06. The van der Waals surface area contributed by atoms with Crippen molar-refractivity contribution in [3.8, 4) is 10.8 Å². The predicted octanol–water partition coefficient (Wildman–Crippen LogP) is 4.16. The lowest BCUT2D eigenvalue weighted by Gasteiger charge is -2.25. The fourth-order valence-corrected chi connectivity index (χ4v) is 2.93. The van der Waals surface area contributed by atoms with Crippen LogP contribution >= 0.6 is 11.3 Å². The van der Waals surface area contributed by atoms with Gasteiger partial charge in [-0.15, -0.1) is 11.3 Å². The lowest BCUT2D eigenvalue weighted by atomic mass is 10.1. The molecule has 0 aromatic carbocycles. The van der Waals surface area contributed by atoms with Crippen LogP contribution < -0.4 is 0 Å². The van der Waals surface area contributed by atoms with Crippen LogP contribution in [0, 0.1) is 11.8 Å². The minimum absolute atomic E-state index is 0.00598. The quantitative estimate of drug-likeness (QED) is 0.805. The van der Waals surface area contributed by atoms with Gasteiger partial charge in [0.05, 0.1) is 6.26 Å². The number of carbonyl (C=O) groups is 1. The van der Waals surface area contributed by atoms with E-state index in [0.717, 1.165) is 18.1 Å². The first-order valence-electron chi connectivity index (χ1n) is 7.26. The number of hydrogen-bond donors (Lipinski definition) is 0. The number of furan rings is 1. The molecule has 0 N–H and O–H groups in total. The van der Waals surface area contributed by atoms with E-state index in [0.29, 0.717) is 23.3 Å². The zero-order valence-electron chi connectivity index (χ0n) is 13.0. The normalized spacial score (nSPS) is 11.3. The van der Waals surface area contributed by atoms with Gasteiger partial charge in [-0.05, 0) is 24.0 Å². The molecule has 0 fully saturated rings. The van der Waals surface area contributed by atoms with Gasteiger partial charge in [-0.2, -0.15) is 0 Å². The largest absolute Gasteiger partial charge is 0.462 e. The Morgan fingerprint density at radius 1 is 1.29 bits per heavy atom. The molecule has 5 heteroatoms. The third-order valence-corrected chi connectivity index (χ3v) is 3.77. The number of amides is 1. The van der Waals surface area contributed by atoms with E-state index in [1.54, 1.807) is 6.26 Å². The summed E-state index contributed by atoms with van der Waals surface area (Å²) in [4.78, 5) is 19.0. The molecular formula is C16H22N2O2S. The Labute approximate surface area is 129 Å². The Morgan fingerprint density at radius 2 is 1.95 bits per heavy atom. The monoisotopic (exact) mass is 306 g/mol. The van der Waals surface area contributed by atoms with Gasteiger partial charge < -0.3 is 9.32 Å². The van der Waals surface area contributed by atoms with Crippen molar-refractivity contribution in [1.29, 1.82) is 0 Å². The summed E-state index contributed by atoms with van der Waals surface area (Å²) >= 11 is 1.44. The van der Waals surface area contributed by atoms with Crippen molar-refractivity contribution in [2.45, 2.75) is 27.7 Å². The van der Waals surface area contributed by atoms with Crippen LogP contribution in [-0.2, 0) is 0 Å². The molecule has 0 unspecified atom stereocenters. The highest BCUT2D eigenvalue weighted by atomic mass is 32.1. The summed E-state index contributed by atoms with van der Waals surface area (Å²) in [6.45, 7) is 9.99. The molecule has 0 aliphatic carbocycles. The molecule has 2 aromatic heterocycles. The predicted molar refractivity (Wildman–Crippen MR) is 85.4 cm³/mol. The summed E-state index contributed by atoms with van der Waals surface area (Å²) in [5.74, 6) is 1.59. The van der Waals surface area contributed by atoms with Crippen LogP contribution in [0.15, 0.2) is 28.2 Å². The Hall–Kier alpha value is -1.62. The summed E-state index contributed by atoms with van der Waals surface area (Å²) in [6, 6.07) is 3.68. The van der Waals surface area contributed by atoms with Gasteiger partial charge >= 0.3 is 0 Å². The fraction of sp³-hybridized carbons (Fsp3) is 0.500. The van der Waals surface area contributed by atoms with Gasteiger partial charge in [0.2, 0.25) is 0 Å². The van der Waals surface area contributed by atoms with E-state index in [1.807, 2.05) is 22.4 Å². The summed E-state index contributed by atoms with van der Waals surface area (Å²) in [5.41, 5.74) is 0.507. The van der Waals surface area contributed by atoms with Gasteiger partial charge in [-0.3, -0.25) is 4.79 Å². The number of thiazole rings is 1. The van der Waals surface area contributed by atoms with E-state index in [4.69, 9.17) is 4.42 Å². The molecule has 21 heavy (non-hydrogen) atoms. The van der Waals surface area contributed by atoms with Crippen molar-refractivity contribution >= 4 is 17.2 Å². The minimum Gasteiger partial charge on any atom is -0.462 e. The van der Waals surface area contributed by atoms with Gasteiger partial charge in [0.1, 0.15) is 5.69 Å². The maximum absolute atomic E-state index is 12.6. The van der Waals surface area contributed by atoms with E-state index in [-0.39, 0.29) is 5.91 Å². The molecule has 0 spiro atoms. The molecule has 0 saturated heterocycles. The molecule has 2 heterocycles. The van der Waals surface area contributed by atoms with Crippen molar-refractivity contribution < 1.29 is 9.21 Å². The van der Waals surface area contributed by atoms with Gasteiger partial charge in [0, 0.05) is 18.5 Å². The molecule has 0 aliphatic rings. The second-order valence-corrected chi connectivity index (χ2v) is 6.87. The highest BCUT2D eigenvalue weighted by Crippen LogP contribution is 2.24. The van der Waals surface area contributed by atoms with Crippen LogP contribution in [0.5, 0.6) is 0 Å². The van der Waals surface area contributed by atoms with E-state index in [2.05, 4.69) is 32.7 Å². The second kappa shape index (κ2) is 6.89. The molecule has 2 rings (SSSR count). The van der Waals surface area contributed by atoms with Crippen LogP contribution in [0.1, 0.15) is 38.2 Å². The molecule has 1 amide bonds. The highest BCUT2D eigenvalue weighted by molar-refractivity contribution is 7.13. The number of carbonyl (C=O) groups excluding carboxylic acids is 1. The molecule has 0 saturated carbocycles. The van der Waals surface area contributed by atoms with E-state index < -0.39 is 0 Å². The van der Waals surface area contributed by atoms with Gasteiger partial charge in [0.25, 0.3) is 5.91 Å². The Morgan fingerprint density at radius 3 is 2.48 bits per heavy atom. The average molecular weight is 306 g/mol. The zero-order chi connectivity index (χ0) is 15.4. The standard InChI is InChI=1S/C16H22N2O2S/c1-11(2)8-18(9-12(3)4)16(19)13-10-21-15(17-13)14-6-5-7-20-14/h5-7,10-12H,8-9H2,1-4H3. The van der Waals surface area contributed by atoms with E-state index >= 15 is 0 Å². The number of hydrogen-bond acceptors (Lipinski definition) is 4. The van der Waals surface area contributed by atoms with Crippen molar-refractivity contribution in [1.82, 2.24) is 9.88 Å². The smallest absolute Gasteiger partial charge is 0.273 e. The summed E-state index contributed by atoms with van der Waals surface area (Å²) < 4.78 is 5.33. The summed E-state index contributed by atoms with van der Waals surface area (Å²) in [6.07, 6.45) is 1.61. The van der Waals surface area contributed by atoms with Crippen LogP contribution in [0.2, 0.25) is 0 Å². The minimum atomic E-state index is 0.00598. The SMILES string of the molecule is CC(C)CN(CC(C)C)C(=O)c1csc(-c2ccco2)n1. The maximum atomic E-state index is 12.6. The first-order chi connectivity index (χ1) is 9.97. The molecular weight excluding hydrogens is 284 g/mol. The molecule has 0 radical (unpaired) electrons. The topological polar surface area (TPSA) is 46.3 Å². The maximum Gasteiger partial charge on any atom is 0.273 e. The van der Waals surface area contributed by atoms with Crippen LogP contribution in [-0.4, -0.2) is 28.9 Å². The lowest BCUT2D eigenvalue weighted by Crippen LogP contribution is -2.37. The first kappa shape index (κ1) is 15.8. The van der Waals surface area contributed by atoms with Crippen LogP contribution in [0.3, 0.4) is 0 Å². The molecule has 0 atom stereocenters. The zero-order valence-corrected chi connectivity index (χ0v) is 13.8. The first-order valence-corrected chi connectivity index (χ1v) is 8.14. The Bertz CT molecular complexity index is 563. The molecule has 0 aliphatic heterocycles. The van der Waals surface area contributed by atoms with Crippen molar-refractivity contribution in [3.05, 3.63) is 29.5 Å². The fourth-order valence-electron chi connectivity index (χ4n) is 2.17. The second-order valence-electron chi connectivity index (χ2n) is 6.01. The van der Waals surface area contributed by atoms with E-state index in [9.17, 15) is 4.79 Å².